The molecular formula is C18H21Cl2N3O. The van der Waals surface area contributed by atoms with Gasteiger partial charge in [0.2, 0.25) is 0 Å². The molecule has 0 atom stereocenters. The molecule has 0 bridgehead atoms. The predicted molar refractivity (Wildman–Crippen MR) is 97.3 cm³/mol. The van der Waals surface area contributed by atoms with Crippen molar-refractivity contribution in [1.82, 2.24) is 14.7 Å². The Morgan fingerprint density at radius 2 is 1.92 bits per heavy atom. The Labute approximate surface area is 152 Å². The van der Waals surface area contributed by atoms with Crippen LogP contribution in [0.3, 0.4) is 0 Å². The standard InChI is InChI=1S/C18H21Cl2N3O/c1-2-6-17-14(18(24)22-9-4-3-5-10-22)12-21-23(17)13-7-8-15(19)16(20)11-13/h7-8,11-12H,2-6,9-10H2,1H3. The molecule has 1 saturated heterocycles. The van der Waals surface area contributed by atoms with E-state index in [-0.39, 0.29) is 5.91 Å². The summed E-state index contributed by atoms with van der Waals surface area (Å²) in [4.78, 5) is 14.8. The Bertz CT molecular complexity index is 736. The van der Waals surface area contributed by atoms with Crippen LogP contribution in [-0.4, -0.2) is 33.7 Å². The van der Waals surface area contributed by atoms with Crippen LogP contribution in [0.25, 0.3) is 5.69 Å². The van der Waals surface area contributed by atoms with E-state index in [0.717, 1.165) is 50.2 Å². The summed E-state index contributed by atoms with van der Waals surface area (Å²) in [7, 11) is 0. The maximum atomic E-state index is 12.9. The van der Waals surface area contributed by atoms with Crippen LogP contribution >= 0.6 is 23.2 Å². The number of benzene rings is 1. The lowest BCUT2D eigenvalue weighted by Crippen LogP contribution is -2.36. The molecule has 0 unspecified atom stereocenters. The first-order valence-corrected chi connectivity index (χ1v) is 9.19. The highest BCUT2D eigenvalue weighted by molar-refractivity contribution is 6.42. The Morgan fingerprint density at radius 3 is 2.58 bits per heavy atom. The molecule has 6 heteroatoms. The highest BCUT2D eigenvalue weighted by Gasteiger charge is 2.24. The fourth-order valence-corrected chi connectivity index (χ4v) is 3.43. The first kappa shape index (κ1) is 17.3. The summed E-state index contributed by atoms with van der Waals surface area (Å²) in [5.74, 6) is 0.0875. The summed E-state index contributed by atoms with van der Waals surface area (Å²) in [6.07, 6.45) is 6.77. The number of halogens is 2. The Morgan fingerprint density at radius 1 is 1.17 bits per heavy atom. The average molecular weight is 366 g/mol. The van der Waals surface area contributed by atoms with E-state index in [2.05, 4.69) is 12.0 Å². The maximum absolute atomic E-state index is 12.9. The lowest BCUT2D eigenvalue weighted by molar-refractivity contribution is 0.0723. The molecule has 128 valence electrons. The van der Waals surface area contributed by atoms with Crippen LogP contribution in [0.1, 0.15) is 48.7 Å². The number of nitrogens with zero attached hydrogens (tertiary/aromatic N) is 3. The van der Waals surface area contributed by atoms with Gasteiger partial charge in [-0.3, -0.25) is 4.79 Å². The van der Waals surface area contributed by atoms with Crippen molar-refractivity contribution in [2.75, 3.05) is 13.1 Å². The number of carbonyl (C=O) groups excluding carboxylic acids is 1. The number of hydrogen-bond donors (Lipinski definition) is 0. The van der Waals surface area contributed by atoms with Crippen molar-refractivity contribution >= 4 is 29.1 Å². The molecule has 4 nitrogen and oxygen atoms in total. The zero-order valence-corrected chi connectivity index (χ0v) is 15.3. The van der Waals surface area contributed by atoms with Gasteiger partial charge in [0.05, 0.1) is 33.2 Å². The number of likely N-dealkylation sites (tertiary alicyclic amines) is 1. The van der Waals surface area contributed by atoms with Gasteiger partial charge in [-0.1, -0.05) is 36.5 Å². The van der Waals surface area contributed by atoms with E-state index in [1.54, 1.807) is 18.3 Å². The van der Waals surface area contributed by atoms with E-state index in [1.165, 1.54) is 6.42 Å². The van der Waals surface area contributed by atoms with Crippen LogP contribution in [0.2, 0.25) is 10.0 Å². The van der Waals surface area contributed by atoms with Crippen LogP contribution in [0.15, 0.2) is 24.4 Å². The van der Waals surface area contributed by atoms with Crippen LogP contribution in [0.5, 0.6) is 0 Å². The van der Waals surface area contributed by atoms with E-state index < -0.39 is 0 Å². The smallest absolute Gasteiger partial charge is 0.257 e. The van der Waals surface area contributed by atoms with Gasteiger partial charge in [-0.2, -0.15) is 5.10 Å². The predicted octanol–water partition coefficient (Wildman–Crippen LogP) is 4.76. The molecule has 2 aromatic rings. The quantitative estimate of drug-likeness (QED) is 0.783. The number of carbonyl (C=O) groups is 1. The molecule has 2 heterocycles. The molecule has 0 radical (unpaired) electrons. The summed E-state index contributed by atoms with van der Waals surface area (Å²) in [5, 5.41) is 5.45. The summed E-state index contributed by atoms with van der Waals surface area (Å²) >= 11 is 12.1. The lowest BCUT2D eigenvalue weighted by Gasteiger charge is -2.26. The van der Waals surface area contributed by atoms with Crippen LogP contribution in [0, 0.1) is 0 Å². The van der Waals surface area contributed by atoms with E-state index in [0.29, 0.717) is 15.6 Å². The molecule has 1 amide bonds. The molecule has 1 fully saturated rings. The van der Waals surface area contributed by atoms with Gasteiger partial charge < -0.3 is 4.90 Å². The average Bonchev–Trinajstić information content (AvgIpc) is 3.01. The van der Waals surface area contributed by atoms with Crippen molar-refractivity contribution in [3.8, 4) is 5.69 Å². The SMILES string of the molecule is CCCc1c(C(=O)N2CCCCC2)cnn1-c1ccc(Cl)c(Cl)c1. The Balaban J connectivity index is 1.97. The van der Waals surface area contributed by atoms with Crippen molar-refractivity contribution in [1.29, 1.82) is 0 Å². The van der Waals surface area contributed by atoms with Crippen molar-refractivity contribution in [2.45, 2.75) is 39.0 Å². The first-order valence-electron chi connectivity index (χ1n) is 8.43. The summed E-state index contributed by atoms with van der Waals surface area (Å²) in [6.45, 7) is 3.77. The van der Waals surface area contributed by atoms with E-state index in [1.807, 2.05) is 15.6 Å². The van der Waals surface area contributed by atoms with E-state index in [4.69, 9.17) is 23.2 Å². The summed E-state index contributed by atoms with van der Waals surface area (Å²) < 4.78 is 1.81. The van der Waals surface area contributed by atoms with Crippen LogP contribution < -0.4 is 0 Å². The van der Waals surface area contributed by atoms with Gasteiger partial charge in [0, 0.05) is 13.1 Å². The maximum Gasteiger partial charge on any atom is 0.257 e. The van der Waals surface area contributed by atoms with Gasteiger partial charge in [0.1, 0.15) is 0 Å². The second-order valence-corrected chi connectivity index (χ2v) is 6.93. The van der Waals surface area contributed by atoms with Gasteiger partial charge >= 0.3 is 0 Å². The first-order chi connectivity index (χ1) is 11.6. The zero-order valence-electron chi connectivity index (χ0n) is 13.8. The molecule has 0 N–H and O–H groups in total. The third kappa shape index (κ3) is 3.45. The summed E-state index contributed by atoms with van der Waals surface area (Å²) in [5.41, 5.74) is 2.46. The molecule has 0 aliphatic carbocycles. The minimum Gasteiger partial charge on any atom is -0.339 e. The van der Waals surface area contributed by atoms with Gasteiger partial charge in [-0.25, -0.2) is 4.68 Å². The van der Waals surface area contributed by atoms with Gasteiger partial charge in [-0.05, 0) is 43.9 Å². The molecule has 3 rings (SSSR count). The van der Waals surface area contributed by atoms with Gasteiger partial charge in [0.15, 0.2) is 0 Å². The topological polar surface area (TPSA) is 38.1 Å². The number of rotatable bonds is 4. The summed E-state index contributed by atoms with van der Waals surface area (Å²) in [6, 6.07) is 5.41. The van der Waals surface area contributed by atoms with Crippen LogP contribution in [0.4, 0.5) is 0 Å². The largest absolute Gasteiger partial charge is 0.339 e. The fourth-order valence-electron chi connectivity index (χ4n) is 3.14. The fraction of sp³-hybridized carbons (Fsp3) is 0.444. The third-order valence-corrected chi connectivity index (χ3v) is 5.12. The second-order valence-electron chi connectivity index (χ2n) is 6.12. The molecule has 1 aromatic carbocycles. The van der Waals surface area contributed by atoms with E-state index in [9.17, 15) is 4.79 Å². The minimum atomic E-state index is 0.0875. The highest BCUT2D eigenvalue weighted by Crippen LogP contribution is 2.26. The number of piperidine rings is 1. The number of aromatic nitrogens is 2. The number of hydrogen-bond acceptors (Lipinski definition) is 2. The zero-order chi connectivity index (χ0) is 17.1. The molecule has 1 aromatic heterocycles. The third-order valence-electron chi connectivity index (χ3n) is 4.38. The lowest BCUT2D eigenvalue weighted by atomic mass is 10.1. The van der Waals surface area contributed by atoms with Gasteiger partial charge in [0.25, 0.3) is 5.91 Å². The van der Waals surface area contributed by atoms with Gasteiger partial charge in [-0.15, -0.1) is 0 Å². The minimum absolute atomic E-state index is 0.0875. The van der Waals surface area contributed by atoms with E-state index >= 15 is 0 Å². The monoisotopic (exact) mass is 365 g/mol. The highest BCUT2D eigenvalue weighted by atomic mass is 35.5. The van der Waals surface area contributed by atoms with Crippen molar-refractivity contribution in [3.05, 3.63) is 45.7 Å². The number of amides is 1. The molecule has 24 heavy (non-hydrogen) atoms. The van der Waals surface area contributed by atoms with Crippen molar-refractivity contribution in [2.24, 2.45) is 0 Å². The second kappa shape index (κ2) is 7.58. The normalized spacial score (nSPS) is 14.9. The van der Waals surface area contributed by atoms with Crippen molar-refractivity contribution in [3.63, 3.8) is 0 Å². The molecule has 0 saturated carbocycles. The van der Waals surface area contributed by atoms with Crippen molar-refractivity contribution < 1.29 is 4.79 Å². The molecular weight excluding hydrogens is 345 g/mol. The Kier molecular flexibility index (Phi) is 5.47. The molecule has 0 spiro atoms. The molecule has 1 aliphatic heterocycles. The van der Waals surface area contributed by atoms with Crippen LogP contribution in [-0.2, 0) is 6.42 Å². The molecule has 1 aliphatic rings. The Hall–Kier alpha value is -1.52.